The summed E-state index contributed by atoms with van der Waals surface area (Å²) in [5, 5.41) is 0. The molecule has 7 nitrogen and oxygen atoms in total. The van der Waals surface area contributed by atoms with Crippen molar-refractivity contribution >= 4 is 31.9 Å². The first-order valence-electron chi connectivity index (χ1n) is 8.71. The van der Waals surface area contributed by atoms with Gasteiger partial charge in [-0.2, -0.15) is 4.72 Å². The maximum atomic E-state index is 12.8. The number of nitrogens with one attached hydrogen (secondary N) is 1. The van der Waals surface area contributed by atoms with E-state index in [-0.39, 0.29) is 16.8 Å². The van der Waals surface area contributed by atoms with Crippen LogP contribution in [0.15, 0.2) is 21.5 Å². The highest BCUT2D eigenvalue weighted by molar-refractivity contribution is 9.10. The minimum atomic E-state index is -3.90. The van der Waals surface area contributed by atoms with E-state index in [1.165, 1.54) is 6.07 Å². The van der Waals surface area contributed by atoms with Crippen LogP contribution in [0.5, 0.6) is 11.5 Å². The van der Waals surface area contributed by atoms with Crippen molar-refractivity contribution < 1.29 is 22.7 Å². The second-order valence-corrected chi connectivity index (χ2v) is 9.18. The van der Waals surface area contributed by atoms with E-state index in [2.05, 4.69) is 20.7 Å². The van der Waals surface area contributed by atoms with Crippen LogP contribution in [0.4, 0.5) is 0 Å². The molecule has 1 aromatic carbocycles. The summed E-state index contributed by atoms with van der Waals surface area (Å²) >= 11 is 3.27. The molecule has 2 aliphatic rings. The van der Waals surface area contributed by atoms with Crippen LogP contribution in [0.2, 0.25) is 0 Å². The van der Waals surface area contributed by atoms with Crippen LogP contribution in [0.1, 0.15) is 33.1 Å². The van der Waals surface area contributed by atoms with Gasteiger partial charge in [0.1, 0.15) is 18.1 Å². The lowest BCUT2D eigenvalue weighted by molar-refractivity contribution is -0.135. The zero-order valence-electron chi connectivity index (χ0n) is 14.8. The first-order valence-corrected chi connectivity index (χ1v) is 11.0. The van der Waals surface area contributed by atoms with Crippen LogP contribution in [0.25, 0.3) is 0 Å². The van der Waals surface area contributed by atoms with Gasteiger partial charge in [-0.15, -0.1) is 0 Å². The molecule has 9 heteroatoms. The lowest BCUT2D eigenvalue weighted by Crippen LogP contribution is -2.51. The summed E-state index contributed by atoms with van der Waals surface area (Å²) in [6.07, 6.45) is 2.98. The number of piperidine rings is 1. The zero-order valence-corrected chi connectivity index (χ0v) is 17.2. The van der Waals surface area contributed by atoms with Gasteiger partial charge in [0.25, 0.3) is 0 Å². The van der Waals surface area contributed by atoms with Gasteiger partial charge in [-0.1, -0.05) is 0 Å². The fourth-order valence-electron chi connectivity index (χ4n) is 3.27. The van der Waals surface area contributed by atoms with Gasteiger partial charge in [0, 0.05) is 23.1 Å². The maximum absolute atomic E-state index is 12.8. The highest BCUT2D eigenvalue weighted by atomic mass is 79.9. The lowest BCUT2D eigenvalue weighted by atomic mass is 10.0. The summed E-state index contributed by atoms with van der Waals surface area (Å²) in [5.74, 6) is 0.672. The molecule has 0 bridgehead atoms. The molecule has 2 atom stereocenters. The molecule has 0 saturated carbocycles. The normalized spacial score (nSPS) is 21.3. The van der Waals surface area contributed by atoms with E-state index in [4.69, 9.17) is 9.47 Å². The van der Waals surface area contributed by atoms with Crippen molar-refractivity contribution in [2.75, 3.05) is 19.8 Å². The second kappa shape index (κ2) is 7.74. The summed E-state index contributed by atoms with van der Waals surface area (Å²) in [4.78, 5) is 14.5. The number of benzene rings is 1. The van der Waals surface area contributed by atoms with Crippen molar-refractivity contribution in [1.29, 1.82) is 0 Å². The Hall–Kier alpha value is -1.32. The molecule has 1 fully saturated rings. The van der Waals surface area contributed by atoms with E-state index < -0.39 is 16.1 Å². The number of amides is 1. The third-order valence-electron chi connectivity index (χ3n) is 4.67. The monoisotopic (exact) mass is 446 g/mol. The minimum Gasteiger partial charge on any atom is -0.486 e. The molecular weight excluding hydrogens is 424 g/mol. The van der Waals surface area contributed by atoms with E-state index in [1.54, 1.807) is 17.9 Å². The van der Waals surface area contributed by atoms with Gasteiger partial charge >= 0.3 is 0 Å². The second-order valence-electron chi connectivity index (χ2n) is 6.65. The molecule has 1 amide bonds. The van der Waals surface area contributed by atoms with Gasteiger partial charge in [0.15, 0.2) is 11.5 Å². The number of nitrogens with zero attached hydrogens (tertiary/aromatic N) is 1. The Bertz CT molecular complexity index is 799. The van der Waals surface area contributed by atoms with Gasteiger partial charge < -0.3 is 14.4 Å². The number of hydrogen-bond donors (Lipinski definition) is 1. The van der Waals surface area contributed by atoms with Crippen LogP contribution in [0, 0.1) is 0 Å². The van der Waals surface area contributed by atoms with Crippen LogP contribution in [-0.4, -0.2) is 51.1 Å². The molecule has 1 aromatic rings. The predicted octanol–water partition coefficient (Wildman–Crippen LogP) is 2.29. The van der Waals surface area contributed by atoms with Gasteiger partial charge in [0.05, 0.1) is 6.04 Å². The first-order chi connectivity index (χ1) is 12.3. The average molecular weight is 447 g/mol. The van der Waals surface area contributed by atoms with Crippen molar-refractivity contribution in [2.24, 2.45) is 0 Å². The highest BCUT2D eigenvalue weighted by Crippen LogP contribution is 2.37. The zero-order chi connectivity index (χ0) is 18.9. The molecule has 26 heavy (non-hydrogen) atoms. The van der Waals surface area contributed by atoms with Crippen LogP contribution in [0.3, 0.4) is 0 Å². The van der Waals surface area contributed by atoms with Crippen molar-refractivity contribution in [1.82, 2.24) is 9.62 Å². The number of rotatable bonds is 4. The Balaban J connectivity index is 1.79. The molecule has 0 spiro atoms. The quantitative estimate of drug-likeness (QED) is 0.766. The smallest absolute Gasteiger partial charge is 0.242 e. The van der Waals surface area contributed by atoms with E-state index in [0.717, 1.165) is 19.3 Å². The van der Waals surface area contributed by atoms with Crippen LogP contribution >= 0.6 is 15.9 Å². The Morgan fingerprint density at radius 3 is 2.58 bits per heavy atom. The van der Waals surface area contributed by atoms with Crippen LogP contribution in [-0.2, 0) is 14.8 Å². The molecule has 2 aliphatic heterocycles. The third kappa shape index (κ3) is 3.99. The largest absolute Gasteiger partial charge is 0.486 e. The molecule has 0 unspecified atom stereocenters. The molecule has 1 saturated heterocycles. The van der Waals surface area contributed by atoms with E-state index in [1.807, 2.05) is 6.92 Å². The highest BCUT2D eigenvalue weighted by Gasteiger charge is 2.31. The number of ether oxygens (including phenoxy) is 2. The maximum Gasteiger partial charge on any atom is 0.242 e. The molecule has 3 rings (SSSR count). The number of likely N-dealkylation sites (tertiary alicyclic amines) is 1. The van der Waals surface area contributed by atoms with Gasteiger partial charge in [-0.05, 0) is 55.1 Å². The molecule has 0 aromatic heterocycles. The van der Waals surface area contributed by atoms with Crippen molar-refractivity contribution in [2.45, 2.75) is 50.1 Å². The van der Waals surface area contributed by atoms with E-state index in [0.29, 0.717) is 35.7 Å². The summed E-state index contributed by atoms with van der Waals surface area (Å²) in [7, 11) is -3.90. The molecule has 1 N–H and O–H groups in total. The number of carbonyl (C=O) groups excluding carboxylic acids is 1. The Kier molecular flexibility index (Phi) is 5.78. The van der Waals surface area contributed by atoms with E-state index >= 15 is 0 Å². The Morgan fingerprint density at radius 2 is 1.92 bits per heavy atom. The summed E-state index contributed by atoms with van der Waals surface area (Å²) in [6.45, 7) is 5.02. The SMILES string of the molecule is C[C@H](NS(=O)(=O)c1cc2c(cc1Br)OCCO2)C(=O)N1CCCC[C@H]1C. The number of carbonyl (C=O) groups is 1. The van der Waals surface area contributed by atoms with Crippen molar-refractivity contribution in [3.05, 3.63) is 16.6 Å². The number of hydrogen-bond acceptors (Lipinski definition) is 5. The Labute approximate surface area is 162 Å². The Morgan fingerprint density at radius 1 is 1.27 bits per heavy atom. The molecule has 144 valence electrons. The van der Waals surface area contributed by atoms with Gasteiger partial charge in [0.2, 0.25) is 15.9 Å². The average Bonchev–Trinajstić information content (AvgIpc) is 2.60. The topological polar surface area (TPSA) is 84.9 Å². The fraction of sp³-hybridized carbons (Fsp3) is 0.588. The van der Waals surface area contributed by atoms with Crippen molar-refractivity contribution in [3.63, 3.8) is 0 Å². The first kappa shape index (κ1) is 19.4. The summed E-state index contributed by atoms with van der Waals surface area (Å²) in [5.41, 5.74) is 0. The standard InChI is InChI=1S/C17H23BrN2O5S/c1-11-5-3-4-6-20(11)17(21)12(2)19-26(22,23)16-10-15-14(9-13(16)18)24-7-8-25-15/h9-12,19H,3-8H2,1-2H3/t11-,12+/m1/s1. The summed E-state index contributed by atoms with van der Waals surface area (Å²) in [6, 6.07) is 2.27. The van der Waals surface area contributed by atoms with E-state index in [9.17, 15) is 13.2 Å². The minimum absolute atomic E-state index is 0.0214. The predicted molar refractivity (Wildman–Crippen MR) is 99.9 cm³/mol. The molecule has 0 aliphatic carbocycles. The van der Waals surface area contributed by atoms with Gasteiger partial charge in [-0.25, -0.2) is 8.42 Å². The van der Waals surface area contributed by atoms with Gasteiger partial charge in [-0.3, -0.25) is 4.79 Å². The molecule has 2 heterocycles. The van der Waals surface area contributed by atoms with Crippen molar-refractivity contribution in [3.8, 4) is 11.5 Å². The lowest BCUT2D eigenvalue weighted by Gasteiger charge is -2.35. The van der Waals surface area contributed by atoms with Crippen LogP contribution < -0.4 is 14.2 Å². The molecule has 0 radical (unpaired) electrons. The molecular formula is C17H23BrN2O5S. The number of halogens is 1. The third-order valence-corrected chi connectivity index (χ3v) is 7.17. The number of sulfonamides is 1. The number of fused-ring (bicyclic) bond motifs is 1. The summed E-state index contributed by atoms with van der Waals surface area (Å²) < 4.78 is 39.4. The fourth-order valence-corrected chi connectivity index (χ4v) is 5.50.